The first kappa shape index (κ1) is 19.1. The lowest BCUT2D eigenvalue weighted by atomic mass is 10.1. The van der Waals surface area contributed by atoms with E-state index in [1.807, 2.05) is 55.5 Å². The van der Waals surface area contributed by atoms with Crippen molar-refractivity contribution in [3.8, 4) is 17.2 Å². The van der Waals surface area contributed by atoms with Gasteiger partial charge in [0.25, 0.3) is 0 Å². The maximum absolute atomic E-state index is 12.8. The Morgan fingerprint density at radius 2 is 1.76 bits per heavy atom. The number of ether oxygens (including phenoxy) is 2. The van der Waals surface area contributed by atoms with Gasteiger partial charge in [0.1, 0.15) is 30.0 Å². The summed E-state index contributed by atoms with van der Waals surface area (Å²) in [6.45, 7) is 2.43. The first-order chi connectivity index (χ1) is 14.1. The lowest BCUT2D eigenvalue weighted by molar-refractivity contribution is 0.306. The zero-order chi connectivity index (χ0) is 20.2. The molecule has 1 aromatic heterocycles. The lowest BCUT2D eigenvalue weighted by Gasteiger charge is -2.10. The van der Waals surface area contributed by atoms with E-state index >= 15 is 0 Å². The number of halogens is 1. The van der Waals surface area contributed by atoms with Crippen LogP contribution in [0.25, 0.3) is 11.0 Å². The molecule has 5 heteroatoms. The highest BCUT2D eigenvalue weighted by atomic mass is 35.5. The van der Waals surface area contributed by atoms with Crippen molar-refractivity contribution in [1.82, 2.24) is 0 Å². The Hall–Kier alpha value is -3.24. The largest absolute Gasteiger partial charge is 0.489 e. The van der Waals surface area contributed by atoms with E-state index in [9.17, 15) is 4.79 Å². The fourth-order valence-electron chi connectivity index (χ4n) is 3.01. The van der Waals surface area contributed by atoms with Gasteiger partial charge in [0.2, 0.25) is 11.2 Å². The van der Waals surface area contributed by atoms with Crippen molar-refractivity contribution in [3.05, 3.63) is 99.4 Å². The molecule has 0 bridgehead atoms. The Kier molecular flexibility index (Phi) is 5.54. The summed E-state index contributed by atoms with van der Waals surface area (Å²) < 4.78 is 17.3. The van der Waals surface area contributed by atoms with Gasteiger partial charge in [-0.1, -0.05) is 48.9 Å². The predicted molar refractivity (Wildman–Crippen MR) is 114 cm³/mol. The quantitative estimate of drug-likeness (QED) is 0.372. The highest BCUT2D eigenvalue weighted by Crippen LogP contribution is 2.27. The highest BCUT2D eigenvalue weighted by Gasteiger charge is 2.12. The monoisotopic (exact) mass is 406 g/mol. The second-order valence-electron chi connectivity index (χ2n) is 6.57. The smallest absolute Gasteiger partial charge is 0.235 e. The lowest BCUT2D eigenvalue weighted by Crippen LogP contribution is -2.06. The first-order valence-electron chi connectivity index (χ1n) is 9.32. The van der Waals surface area contributed by atoms with Gasteiger partial charge in [-0.05, 0) is 47.9 Å². The summed E-state index contributed by atoms with van der Waals surface area (Å²) in [7, 11) is 0. The molecule has 0 N–H and O–H groups in total. The van der Waals surface area contributed by atoms with Crippen LogP contribution >= 0.6 is 11.6 Å². The van der Waals surface area contributed by atoms with Crippen LogP contribution in [0.2, 0.25) is 5.02 Å². The van der Waals surface area contributed by atoms with Crippen LogP contribution in [0.15, 0.2) is 82.2 Å². The zero-order valence-corrected chi connectivity index (χ0v) is 16.6. The number of hydrogen-bond donors (Lipinski definition) is 0. The maximum atomic E-state index is 12.8. The Labute approximate surface area is 173 Å². The molecular weight excluding hydrogens is 388 g/mol. The molecule has 0 spiro atoms. The average Bonchev–Trinajstić information content (AvgIpc) is 2.75. The Morgan fingerprint density at radius 3 is 2.55 bits per heavy atom. The number of aryl methyl sites for hydroxylation is 1. The second kappa shape index (κ2) is 8.41. The molecule has 3 aromatic carbocycles. The van der Waals surface area contributed by atoms with Gasteiger partial charge in [-0.3, -0.25) is 4.79 Å². The van der Waals surface area contributed by atoms with Crippen LogP contribution in [0, 0.1) is 0 Å². The van der Waals surface area contributed by atoms with E-state index in [0.29, 0.717) is 34.1 Å². The zero-order valence-electron chi connectivity index (χ0n) is 15.9. The average molecular weight is 407 g/mol. The molecule has 0 aliphatic carbocycles. The summed E-state index contributed by atoms with van der Waals surface area (Å²) in [6.07, 6.45) is 2.16. The molecule has 29 heavy (non-hydrogen) atoms. The highest BCUT2D eigenvalue weighted by molar-refractivity contribution is 6.30. The number of benzene rings is 3. The summed E-state index contributed by atoms with van der Waals surface area (Å²) >= 11 is 5.90. The predicted octanol–water partition coefficient (Wildman–Crippen LogP) is 6.38. The van der Waals surface area contributed by atoms with Crippen LogP contribution < -0.4 is 14.9 Å². The topological polar surface area (TPSA) is 48.7 Å². The Morgan fingerprint density at radius 1 is 0.966 bits per heavy atom. The SMILES string of the molecule is CCc1ccccc1Oc1coc2cc(OCc3ccc(Cl)cc3)ccc2c1=O. The van der Waals surface area contributed by atoms with Crippen molar-refractivity contribution in [1.29, 1.82) is 0 Å². The van der Waals surface area contributed by atoms with Crippen LogP contribution in [0.3, 0.4) is 0 Å². The van der Waals surface area contributed by atoms with Crippen molar-refractivity contribution in [2.24, 2.45) is 0 Å². The minimum Gasteiger partial charge on any atom is -0.489 e. The molecule has 0 aliphatic heterocycles. The van der Waals surface area contributed by atoms with E-state index in [2.05, 4.69) is 0 Å². The maximum Gasteiger partial charge on any atom is 0.235 e. The molecule has 0 radical (unpaired) electrons. The molecule has 0 unspecified atom stereocenters. The second-order valence-corrected chi connectivity index (χ2v) is 7.00. The number of fused-ring (bicyclic) bond motifs is 1. The first-order valence-corrected chi connectivity index (χ1v) is 9.70. The van der Waals surface area contributed by atoms with Crippen molar-refractivity contribution < 1.29 is 13.9 Å². The van der Waals surface area contributed by atoms with Crippen molar-refractivity contribution in [2.75, 3.05) is 0 Å². The molecule has 0 amide bonds. The number of hydrogen-bond acceptors (Lipinski definition) is 4. The van der Waals surface area contributed by atoms with E-state index in [4.69, 9.17) is 25.5 Å². The summed E-state index contributed by atoms with van der Waals surface area (Å²) in [6, 6.07) is 20.2. The molecule has 0 saturated carbocycles. The fraction of sp³-hybridized carbons (Fsp3) is 0.125. The van der Waals surface area contributed by atoms with Gasteiger partial charge in [-0.2, -0.15) is 0 Å². The van der Waals surface area contributed by atoms with Crippen molar-refractivity contribution in [2.45, 2.75) is 20.0 Å². The summed E-state index contributed by atoms with van der Waals surface area (Å²) in [5, 5.41) is 1.12. The van der Waals surface area contributed by atoms with Gasteiger partial charge in [-0.25, -0.2) is 0 Å². The van der Waals surface area contributed by atoms with Gasteiger partial charge < -0.3 is 13.9 Å². The van der Waals surface area contributed by atoms with E-state index in [1.54, 1.807) is 18.2 Å². The van der Waals surface area contributed by atoms with Crippen LogP contribution in [-0.4, -0.2) is 0 Å². The molecule has 146 valence electrons. The third-order valence-corrected chi connectivity index (χ3v) is 4.86. The van der Waals surface area contributed by atoms with Gasteiger partial charge in [0, 0.05) is 11.1 Å². The number of para-hydroxylation sites is 1. The summed E-state index contributed by atoms with van der Waals surface area (Å²) in [5.41, 5.74) is 2.24. The minimum atomic E-state index is -0.221. The fourth-order valence-corrected chi connectivity index (χ4v) is 3.14. The Balaban J connectivity index is 1.56. The van der Waals surface area contributed by atoms with E-state index in [-0.39, 0.29) is 11.2 Å². The molecule has 4 nitrogen and oxygen atoms in total. The molecule has 1 heterocycles. The van der Waals surface area contributed by atoms with E-state index in [0.717, 1.165) is 17.5 Å². The molecule has 4 rings (SSSR count). The minimum absolute atomic E-state index is 0.160. The molecule has 0 atom stereocenters. The molecule has 0 saturated heterocycles. The molecule has 0 aliphatic rings. The van der Waals surface area contributed by atoms with E-state index in [1.165, 1.54) is 6.26 Å². The van der Waals surface area contributed by atoms with Gasteiger partial charge >= 0.3 is 0 Å². The van der Waals surface area contributed by atoms with Crippen LogP contribution in [0.5, 0.6) is 17.2 Å². The standard InChI is InChI=1S/C24H19ClO4/c1-2-17-5-3-4-6-21(17)29-23-15-28-22-13-19(11-12-20(22)24(23)26)27-14-16-7-9-18(25)10-8-16/h3-13,15H,2,14H2,1H3. The molecular formula is C24H19ClO4. The van der Waals surface area contributed by atoms with Crippen molar-refractivity contribution >= 4 is 22.6 Å². The van der Waals surface area contributed by atoms with Gasteiger partial charge in [-0.15, -0.1) is 0 Å². The normalized spacial score (nSPS) is 10.8. The Bertz CT molecular complexity index is 1200. The van der Waals surface area contributed by atoms with Gasteiger partial charge in [0.15, 0.2) is 0 Å². The van der Waals surface area contributed by atoms with Crippen LogP contribution in [-0.2, 0) is 13.0 Å². The van der Waals surface area contributed by atoms with Crippen LogP contribution in [0.4, 0.5) is 0 Å². The van der Waals surface area contributed by atoms with Gasteiger partial charge in [0.05, 0.1) is 5.39 Å². The van der Waals surface area contributed by atoms with Crippen molar-refractivity contribution in [3.63, 3.8) is 0 Å². The molecule has 4 aromatic rings. The summed E-state index contributed by atoms with van der Waals surface area (Å²) in [4.78, 5) is 12.8. The third kappa shape index (κ3) is 4.28. The van der Waals surface area contributed by atoms with E-state index < -0.39 is 0 Å². The summed E-state index contributed by atoms with van der Waals surface area (Å²) in [5.74, 6) is 1.43. The number of rotatable bonds is 6. The molecule has 0 fully saturated rings. The van der Waals surface area contributed by atoms with Crippen LogP contribution in [0.1, 0.15) is 18.1 Å². The third-order valence-electron chi connectivity index (χ3n) is 4.61.